The van der Waals surface area contributed by atoms with E-state index in [-0.39, 0.29) is 0 Å². The Morgan fingerprint density at radius 2 is 2.18 bits per heavy atom. The van der Waals surface area contributed by atoms with Gasteiger partial charge in [-0.2, -0.15) is 0 Å². The van der Waals surface area contributed by atoms with Gasteiger partial charge in [0.25, 0.3) is 0 Å². The van der Waals surface area contributed by atoms with Crippen molar-refractivity contribution in [2.24, 2.45) is 0 Å². The molecule has 0 heterocycles. The lowest BCUT2D eigenvalue weighted by molar-refractivity contribution is -0.602. The number of allylic oxidation sites excluding steroid dienone is 1. The predicted molar refractivity (Wildman–Crippen MR) is 45.6 cm³/mol. The van der Waals surface area contributed by atoms with Crippen LogP contribution in [0.4, 0.5) is 0 Å². The summed E-state index contributed by atoms with van der Waals surface area (Å²) in [5.74, 6) is 0. The SMILES string of the molecule is CC(C=N)=C[NH2+]CC(C)(C)O. The van der Waals surface area contributed by atoms with Gasteiger partial charge in [0.05, 0.1) is 6.20 Å². The molecule has 0 aliphatic carbocycles. The highest BCUT2D eigenvalue weighted by atomic mass is 16.3. The van der Waals surface area contributed by atoms with E-state index in [0.29, 0.717) is 6.54 Å². The van der Waals surface area contributed by atoms with Gasteiger partial charge in [0.1, 0.15) is 12.1 Å². The maximum atomic E-state index is 9.29. The zero-order valence-electron chi connectivity index (χ0n) is 7.39. The lowest BCUT2D eigenvalue weighted by atomic mass is 10.1. The first-order chi connectivity index (χ1) is 4.95. The minimum Gasteiger partial charge on any atom is -0.385 e. The van der Waals surface area contributed by atoms with Crippen molar-refractivity contribution < 1.29 is 10.4 Å². The summed E-state index contributed by atoms with van der Waals surface area (Å²) < 4.78 is 0. The molecule has 0 bridgehead atoms. The van der Waals surface area contributed by atoms with Crippen LogP contribution in [0, 0.1) is 5.41 Å². The summed E-state index contributed by atoms with van der Waals surface area (Å²) in [6, 6.07) is 0. The van der Waals surface area contributed by atoms with E-state index in [2.05, 4.69) is 0 Å². The lowest BCUT2D eigenvalue weighted by Gasteiger charge is -2.12. The smallest absolute Gasteiger partial charge is 0.108 e. The molecule has 0 amide bonds. The molecule has 0 radical (unpaired) electrons. The van der Waals surface area contributed by atoms with Gasteiger partial charge in [-0.25, -0.2) is 0 Å². The van der Waals surface area contributed by atoms with E-state index in [4.69, 9.17) is 5.41 Å². The summed E-state index contributed by atoms with van der Waals surface area (Å²) in [6.07, 6.45) is 3.13. The first-order valence-corrected chi connectivity index (χ1v) is 3.68. The Bertz CT molecular complexity index is 156. The van der Waals surface area contributed by atoms with Crippen LogP contribution in [-0.4, -0.2) is 23.5 Å². The third kappa shape index (κ3) is 7.22. The molecule has 0 atom stereocenters. The molecule has 64 valence electrons. The minimum atomic E-state index is -0.640. The topological polar surface area (TPSA) is 60.7 Å². The fourth-order valence-electron chi connectivity index (χ4n) is 0.581. The van der Waals surface area contributed by atoms with Crippen LogP contribution in [-0.2, 0) is 0 Å². The van der Waals surface area contributed by atoms with E-state index in [1.54, 1.807) is 13.8 Å². The van der Waals surface area contributed by atoms with Gasteiger partial charge in [-0.1, -0.05) is 0 Å². The number of nitrogens with two attached hydrogens (primary N) is 1. The monoisotopic (exact) mass is 157 g/mol. The van der Waals surface area contributed by atoms with Crippen molar-refractivity contribution in [1.82, 2.24) is 0 Å². The molecule has 0 spiro atoms. The molecule has 0 fully saturated rings. The highest BCUT2D eigenvalue weighted by molar-refractivity contribution is 5.73. The van der Waals surface area contributed by atoms with E-state index in [9.17, 15) is 5.11 Å². The molecule has 11 heavy (non-hydrogen) atoms. The molecule has 0 unspecified atom stereocenters. The molecule has 4 N–H and O–H groups in total. The van der Waals surface area contributed by atoms with Crippen LogP contribution in [0.25, 0.3) is 0 Å². The Morgan fingerprint density at radius 1 is 1.64 bits per heavy atom. The zero-order valence-corrected chi connectivity index (χ0v) is 7.39. The highest BCUT2D eigenvalue weighted by Gasteiger charge is 2.13. The summed E-state index contributed by atoms with van der Waals surface area (Å²) in [6.45, 7) is 6.00. The standard InChI is InChI=1S/C8H16N2O/c1-7(4-9)5-10-6-8(2,3)11/h4-5,9-11H,6H2,1-3H3/p+1. The number of rotatable bonds is 4. The van der Waals surface area contributed by atoms with E-state index < -0.39 is 5.60 Å². The van der Waals surface area contributed by atoms with Crippen molar-refractivity contribution in [3.8, 4) is 0 Å². The average molecular weight is 157 g/mol. The largest absolute Gasteiger partial charge is 0.385 e. The normalized spacial score (nSPS) is 13.3. The molecule has 3 nitrogen and oxygen atoms in total. The molecular formula is C8H17N2O+. The highest BCUT2D eigenvalue weighted by Crippen LogP contribution is 1.93. The first-order valence-electron chi connectivity index (χ1n) is 3.68. The second-order valence-electron chi connectivity index (χ2n) is 3.31. The Kier molecular flexibility index (Phi) is 4.00. The Labute approximate surface area is 67.6 Å². The number of nitrogens with one attached hydrogen (secondary N) is 1. The number of hydrogen-bond acceptors (Lipinski definition) is 2. The first kappa shape index (κ1) is 10.3. The van der Waals surface area contributed by atoms with Crippen molar-refractivity contribution in [2.45, 2.75) is 26.4 Å². The van der Waals surface area contributed by atoms with Gasteiger partial charge >= 0.3 is 0 Å². The van der Waals surface area contributed by atoms with E-state index in [0.717, 1.165) is 5.57 Å². The summed E-state index contributed by atoms with van der Waals surface area (Å²) in [5.41, 5.74) is 0.257. The maximum absolute atomic E-state index is 9.29. The number of aliphatic hydroxyl groups is 1. The molecule has 0 aliphatic heterocycles. The third-order valence-corrected chi connectivity index (χ3v) is 1.23. The molecular weight excluding hydrogens is 140 g/mol. The molecule has 0 aliphatic rings. The zero-order chi connectivity index (χ0) is 8.91. The molecule has 0 saturated carbocycles. The van der Waals surface area contributed by atoms with Gasteiger partial charge in [0.15, 0.2) is 0 Å². The number of quaternary nitrogens is 1. The van der Waals surface area contributed by atoms with Crippen LogP contribution in [0.15, 0.2) is 11.8 Å². The summed E-state index contributed by atoms with van der Waals surface area (Å²) in [5, 5.41) is 18.0. The predicted octanol–water partition coefficient (Wildman–Crippen LogP) is -0.126. The molecule has 0 saturated heterocycles. The second-order valence-corrected chi connectivity index (χ2v) is 3.31. The van der Waals surface area contributed by atoms with Gasteiger partial charge in [-0.15, -0.1) is 0 Å². The van der Waals surface area contributed by atoms with Crippen molar-refractivity contribution in [3.63, 3.8) is 0 Å². The lowest BCUT2D eigenvalue weighted by Crippen LogP contribution is -2.82. The quantitative estimate of drug-likeness (QED) is 0.489. The minimum absolute atomic E-state index is 0.623. The summed E-state index contributed by atoms with van der Waals surface area (Å²) in [7, 11) is 0. The number of hydrogen-bond donors (Lipinski definition) is 3. The van der Waals surface area contributed by atoms with Crippen LogP contribution in [0.2, 0.25) is 0 Å². The van der Waals surface area contributed by atoms with Crippen molar-refractivity contribution in [1.29, 1.82) is 5.41 Å². The van der Waals surface area contributed by atoms with Crippen LogP contribution in [0.3, 0.4) is 0 Å². The third-order valence-electron chi connectivity index (χ3n) is 1.23. The second kappa shape index (κ2) is 4.26. The van der Waals surface area contributed by atoms with E-state index >= 15 is 0 Å². The molecule has 0 aromatic heterocycles. The van der Waals surface area contributed by atoms with Gasteiger partial charge in [0.2, 0.25) is 0 Å². The van der Waals surface area contributed by atoms with E-state index in [1.165, 1.54) is 6.21 Å². The van der Waals surface area contributed by atoms with Crippen LogP contribution < -0.4 is 5.32 Å². The van der Waals surface area contributed by atoms with Crippen molar-refractivity contribution >= 4 is 6.21 Å². The van der Waals surface area contributed by atoms with Crippen LogP contribution in [0.5, 0.6) is 0 Å². The van der Waals surface area contributed by atoms with E-state index in [1.807, 2.05) is 18.4 Å². The van der Waals surface area contributed by atoms with Gasteiger partial charge in [-0.05, 0) is 20.8 Å². The van der Waals surface area contributed by atoms with Gasteiger partial charge in [-0.3, -0.25) is 0 Å². The summed E-state index contributed by atoms with van der Waals surface area (Å²) in [4.78, 5) is 0. The Morgan fingerprint density at radius 3 is 2.55 bits per heavy atom. The molecule has 0 aromatic carbocycles. The van der Waals surface area contributed by atoms with Crippen LogP contribution in [0.1, 0.15) is 20.8 Å². The van der Waals surface area contributed by atoms with Gasteiger partial charge < -0.3 is 15.8 Å². The molecule has 3 heteroatoms. The fourth-order valence-corrected chi connectivity index (χ4v) is 0.581. The van der Waals surface area contributed by atoms with Gasteiger partial charge in [0, 0.05) is 11.8 Å². The molecule has 0 aromatic rings. The Hall–Kier alpha value is -0.670. The molecule has 0 rings (SSSR count). The van der Waals surface area contributed by atoms with Crippen molar-refractivity contribution in [3.05, 3.63) is 11.8 Å². The van der Waals surface area contributed by atoms with Crippen molar-refractivity contribution in [2.75, 3.05) is 6.54 Å². The maximum Gasteiger partial charge on any atom is 0.108 e. The van der Waals surface area contributed by atoms with Crippen LogP contribution >= 0.6 is 0 Å². The Balaban J connectivity index is 3.65. The average Bonchev–Trinajstić information content (AvgIpc) is 1.85. The fraction of sp³-hybridized carbons (Fsp3) is 0.625. The summed E-state index contributed by atoms with van der Waals surface area (Å²) >= 11 is 0.